The van der Waals surface area contributed by atoms with Gasteiger partial charge < -0.3 is 15.8 Å². The Morgan fingerprint density at radius 1 is 1.04 bits per heavy atom. The molecule has 0 aliphatic rings. The lowest BCUT2D eigenvalue weighted by Gasteiger charge is -2.09. The minimum Gasteiger partial charge on any atom is -0.492 e. The van der Waals surface area contributed by atoms with Crippen LogP contribution >= 0.6 is 0 Å². The number of hydrogen-bond acceptors (Lipinski definition) is 5. The van der Waals surface area contributed by atoms with Crippen molar-refractivity contribution in [2.75, 3.05) is 18.5 Å². The summed E-state index contributed by atoms with van der Waals surface area (Å²) in [6.45, 7) is 1.14. The number of nitrogens with zero attached hydrogens (tertiary/aromatic N) is 2. The lowest BCUT2D eigenvalue weighted by Crippen LogP contribution is -2.12. The molecule has 1 amide bonds. The molecule has 3 N–H and O–H groups in total. The highest BCUT2D eigenvalue weighted by Crippen LogP contribution is 2.17. The number of para-hydroxylation sites is 1. The summed E-state index contributed by atoms with van der Waals surface area (Å²) >= 11 is 0. The van der Waals surface area contributed by atoms with Gasteiger partial charge in [0.15, 0.2) is 5.82 Å². The van der Waals surface area contributed by atoms with Crippen molar-refractivity contribution in [3.63, 3.8) is 0 Å². The quantitative estimate of drug-likeness (QED) is 0.648. The third-order valence-electron chi connectivity index (χ3n) is 3.50. The molecule has 0 fully saturated rings. The third kappa shape index (κ3) is 4.54. The van der Waals surface area contributed by atoms with E-state index >= 15 is 0 Å². The van der Waals surface area contributed by atoms with Gasteiger partial charge in [-0.25, -0.2) is 9.97 Å². The number of benzene rings is 2. The van der Waals surface area contributed by atoms with Gasteiger partial charge in [0.2, 0.25) is 5.91 Å². The monoisotopic (exact) mass is 334 g/mol. The molecule has 0 bridgehead atoms. The predicted octanol–water partition coefficient (Wildman–Crippen LogP) is 2.73. The Morgan fingerprint density at radius 3 is 2.52 bits per heavy atom. The van der Waals surface area contributed by atoms with Crippen LogP contribution in [0.1, 0.15) is 10.4 Å². The van der Waals surface area contributed by atoms with Crippen LogP contribution < -0.4 is 15.8 Å². The molecule has 3 aromatic rings. The van der Waals surface area contributed by atoms with Gasteiger partial charge >= 0.3 is 0 Å². The maximum Gasteiger partial charge on any atom is 0.248 e. The van der Waals surface area contributed by atoms with E-state index < -0.39 is 5.91 Å². The van der Waals surface area contributed by atoms with Crippen LogP contribution in [0.5, 0.6) is 5.75 Å². The standard InChI is InChI=1S/C19H18N4O2/c20-18(24)14-6-8-15(9-7-14)19-22-11-10-17(23-19)21-12-13-25-16-4-2-1-3-5-16/h1-11H,12-13H2,(H2,20,24)(H,21,22,23). The Hall–Kier alpha value is -3.41. The zero-order valence-corrected chi connectivity index (χ0v) is 13.6. The van der Waals surface area contributed by atoms with Gasteiger partial charge in [-0.05, 0) is 30.3 Å². The van der Waals surface area contributed by atoms with Crippen LogP contribution in [0.15, 0.2) is 66.9 Å². The predicted molar refractivity (Wildman–Crippen MR) is 96.4 cm³/mol. The van der Waals surface area contributed by atoms with Gasteiger partial charge in [0.1, 0.15) is 18.2 Å². The van der Waals surface area contributed by atoms with Gasteiger partial charge in [-0.2, -0.15) is 0 Å². The number of rotatable bonds is 7. The fraction of sp³-hybridized carbons (Fsp3) is 0.105. The van der Waals surface area contributed by atoms with Crippen molar-refractivity contribution in [3.05, 3.63) is 72.4 Å². The van der Waals surface area contributed by atoms with Crippen LogP contribution in [-0.4, -0.2) is 29.0 Å². The van der Waals surface area contributed by atoms with Crippen LogP contribution in [0.3, 0.4) is 0 Å². The van der Waals surface area contributed by atoms with Gasteiger partial charge in [0.05, 0.1) is 6.54 Å². The molecule has 0 spiro atoms. The van der Waals surface area contributed by atoms with E-state index in [1.54, 1.807) is 36.5 Å². The Bertz CT molecular complexity index is 836. The molecule has 1 heterocycles. The Labute approximate surface area is 145 Å². The maximum absolute atomic E-state index is 11.1. The van der Waals surface area contributed by atoms with Crippen LogP contribution in [0.2, 0.25) is 0 Å². The third-order valence-corrected chi connectivity index (χ3v) is 3.50. The number of primary amides is 1. The molecule has 0 unspecified atom stereocenters. The number of aromatic nitrogens is 2. The molecule has 0 saturated heterocycles. The summed E-state index contributed by atoms with van der Waals surface area (Å²) in [6.07, 6.45) is 1.69. The number of anilines is 1. The summed E-state index contributed by atoms with van der Waals surface area (Å²) in [6, 6.07) is 18.3. The molecule has 6 nitrogen and oxygen atoms in total. The second kappa shape index (κ2) is 7.92. The molecular formula is C19H18N4O2. The second-order valence-corrected chi connectivity index (χ2v) is 5.30. The first kappa shape index (κ1) is 16.4. The summed E-state index contributed by atoms with van der Waals surface area (Å²) in [4.78, 5) is 19.9. The summed E-state index contributed by atoms with van der Waals surface area (Å²) < 4.78 is 5.63. The average Bonchev–Trinajstić information content (AvgIpc) is 2.66. The van der Waals surface area contributed by atoms with Crippen molar-refractivity contribution in [1.29, 1.82) is 0 Å². The molecule has 25 heavy (non-hydrogen) atoms. The van der Waals surface area contributed by atoms with Gasteiger partial charge in [-0.1, -0.05) is 30.3 Å². The SMILES string of the molecule is NC(=O)c1ccc(-c2nccc(NCCOc3ccccc3)n2)cc1. The molecule has 3 rings (SSSR count). The van der Waals surface area contributed by atoms with E-state index in [0.29, 0.717) is 30.4 Å². The fourth-order valence-corrected chi connectivity index (χ4v) is 2.24. The highest BCUT2D eigenvalue weighted by Gasteiger charge is 2.05. The molecule has 1 aromatic heterocycles. The number of nitrogens with two attached hydrogens (primary N) is 1. The first-order chi connectivity index (χ1) is 12.2. The summed E-state index contributed by atoms with van der Waals surface area (Å²) in [7, 11) is 0. The molecule has 0 atom stereocenters. The summed E-state index contributed by atoms with van der Waals surface area (Å²) in [5, 5.41) is 3.20. The van der Waals surface area contributed by atoms with Crippen molar-refractivity contribution in [2.24, 2.45) is 5.73 Å². The first-order valence-electron chi connectivity index (χ1n) is 7.87. The maximum atomic E-state index is 11.1. The fourth-order valence-electron chi connectivity index (χ4n) is 2.24. The van der Waals surface area contributed by atoms with Crippen LogP contribution in [-0.2, 0) is 0 Å². The number of ether oxygens (including phenoxy) is 1. The van der Waals surface area contributed by atoms with Gasteiger partial charge in [-0.3, -0.25) is 4.79 Å². The van der Waals surface area contributed by atoms with Gasteiger partial charge in [-0.15, -0.1) is 0 Å². The van der Waals surface area contributed by atoms with E-state index in [2.05, 4.69) is 15.3 Å². The molecule has 0 radical (unpaired) electrons. The smallest absolute Gasteiger partial charge is 0.248 e. The van der Waals surface area contributed by atoms with E-state index in [4.69, 9.17) is 10.5 Å². The Balaban J connectivity index is 1.58. The van der Waals surface area contributed by atoms with E-state index in [1.165, 1.54) is 0 Å². The zero-order valence-electron chi connectivity index (χ0n) is 13.6. The largest absolute Gasteiger partial charge is 0.492 e. The molecule has 6 heteroatoms. The van der Waals surface area contributed by atoms with E-state index in [9.17, 15) is 4.79 Å². The Morgan fingerprint density at radius 2 is 1.80 bits per heavy atom. The Kier molecular flexibility index (Phi) is 5.21. The number of carbonyl (C=O) groups excluding carboxylic acids is 1. The normalized spacial score (nSPS) is 10.2. The lowest BCUT2D eigenvalue weighted by molar-refractivity contribution is 0.100. The number of carbonyl (C=O) groups is 1. The molecule has 126 valence electrons. The van der Waals surface area contributed by atoms with Crippen LogP contribution in [0.25, 0.3) is 11.4 Å². The first-order valence-corrected chi connectivity index (χ1v) is 7.87. The highest BCUT2D eigenvalue weighted by atomic mass is 16.5. The minimum atomic E-state index is -0.457. The molecule has 0 saturated carbocycles. The van der Waals surface area contributed by atoms with E-state index in [-0.39, 0.29) is 0 Å². The second-order valence-electron chi connectivity index (χ2n) is 5.30. The molecule has 0 aliphatic carbocycles. The van der Waals surface area contributed by atoms with Crippen LogP contribution in [0, 0.1) is 0 Å². The number of nitrogens with one attached hydrogen (secondary N) is 1. The minimum absolute atomic E-state index is 0.455. The highest BCUT2D eigenvalue weighted by molar-refractivity contribution is 5.93. The van der Waals surface area contributed by atoms with Crippen molar-refractivity contribution in [3.8, 4) is 17.1 Å². The molecule has 0 aliphatic heterocycles. The molecule has 2 aromatic carbocycles. The number of amides is 1. The molecular weight excluding hydrogens is 316 g/mol. The van der Waals surface area contributed by atoms with Crippen molar-refractivity contribution >= 4 is 11.7 Å². The lowest BCUT2D eigenvalue weighted by atomic mass is 10.1. The van der Waals surface area contributed by atoms with Gasteiger partial charge in [0.25, 0.3) is 0 Å². The summed E-state index contributed by atoms with van der Waals surface area (Å²) in [5.41, 5.74) is 6.51. The van der Waals surface area contributed by atoms with Gasteiger partial charge in [0, 0.05) is 17.3 Å². The average molecular weight is 334 g/mol. The number of hydrogen-bond donors (Lipinski definition) is 2. The zero-order chi connectivity index (χ0) is 17.5. The topological polar surface area (TPSA) is 90.1 Å². The van der Waals surface area contributed by atoms with Crippen LogP contribution in [0.4, 0.5) is 5.82 Å². The van der Waals surface area contributed by atoms with Crippen molar-refractivity contribution in [1.82, 2.24) is 9.97 Å². The van der Waals surface area contributed by atoms with E-state index in [1.807, 2.05) is 30.3 Å². The summed E-state index contributed by atoms with van der Waals surface area (Å²) in [5.74, 6) is 1.66. The van der Waals surface area contributed by atoms with E-state index in [0.717, 1.165) is 11.3 Å². The van der Waals surface area contributed by atoms with Crippen molar-refractivity contribution in [2.45, 2.75) is 0 Å². The van der Waals surface area contributed by atoms with Crippen molar-refractivity contribution < 1.29 is 9.53 Å².